The lowest BCUT2D eigenvalue weighted by Gasteiger charge is -2.17. The van der Waals surface area contributed by atoms with Crippen molar-refractivity contribution in [3.8, 4) is 5.75 Å². The minimum atomic E-state index is 0.808. The molecule has 0 atom stereocenters. The van der Waals surface area contributed by atoms with Gasteiger partial charge in [-0.3, -0.25) is 0 Å². The van der Waals surface area contributed by atoms with Crippen LogP contribution in [-0.2, 0) is 11.3 Å². The molecule has 0 aliphatic rings. The first-order valence-electron chi connectivity index (χ1n) is 7.86. The van der Waals surface area contributed by atoms with Crippen LogP contribution in [0.3, 0.4) is 0 Å². The first kappa shape index (κ1) is 18.0. The van der Waals surface area contributed by atoms with E-state index in [4.69, 9.17) is 9.47 Å². The molecule has 0 saturated carbocycles. The molecule has 120 valence electrons. The van der Waals surface area contributed by atoms with Gasteiger partial charge in [0.15, 0.2) is 0 Å². The highest BCUT2D eigenvalue weighted by Crippen LogP contribution is 2.12. The summed E-state index contributed by atoms with van der Waals surface area (Å²) in [5, 5.41) is 3.41. The number of likely N-dealkylation sites (N-methyl/N-ethyl adjacent to an activating group) is 1. The molecule has 21 heavy (non-hydrogen) atoms. The van der Waals surface area contributed by atoms with Crippen molar-refractivity contribution in [2.75, 3.05) is 47.0 Å². The van der Waals surface area contributed by atoms with Gasteiger partial charge in [0.05, 0.1) is 13.7 Å². The minimum Gasteiger partial charge on any atom is -0.497 e. The number of unbranched alkanes of at least 4 members (excludes halogenated alkanes) is 1. The molecule has 0 bridgehead atoms. The highest BCUT2D eigenvalue weighted by molar-refractivity contribution is 5.26. The smallest absolute Gasteiger partial charge is 0.118 e. The predicted octanol–water partition coefficient (Wildman–Crippen LogP) is 2.53. The van der Waals surface area contributed by atoms with Gasteiger partial charge in [0.25, 0.3) is 0 Å². The Kier molecular flexibility index (Phi) is 9.87. The molecular formula is C17H30N2O2. The van der Waals surface area contributed by atoms with Gasteiger partial charge in [-0.05, 0) is 31.2 Å². The van der Waals surface area contributed by atoms with Crippen molar-refractivity contribution in [2.24, 2.45) is 0 Å². The first-order chi connectivity index (χ1) is 10.3. The predicted molar refractivity (Wildman–Crippen MR) is 87.9 cm³/mol. The molecule has 1 aromatic carbocycles. The lowest BCUT2D eigenvalue weighted by atomic mass is 10.2. The molecule has 0 fully saturated rings. The first-order valence-corrected chi connectivity index (χ1v) is 7.86. The Bertz CT molecular complexity index is 354. The minimum absolute atomic E-state index is 0.808. The topological polar surface area (TPSA) is 33.7 Å². The second-order valence-electron chi connectivity index (χ2n) is 5.30. The fraction of sp³-hybridized carbons (Fsp3) is 0.647. The SMILES string of the molecule is CCCCOCCNCCN(C)Cc1ccc(OC)cc1. The number of methoxy groups -OCH3 is 1. The van der Waals surface area contributed by atoms with E-state index >= 15 is 0 Å². The number of hydrogen-bond acceptors (Lipinski definition) is 4. The Hall–Kier alpha value is -1.10. The largest absolute Gasteiger partial charge is 0.497 e. The summed E-state index contributed by atoms with van der Waals surface area (Å²) in [6, 6.07) is 8.25. The van der Waals surface area contributed by atoms with Crippen LogP contribution >= 0.6 is 0 Å². The van der Waals surface area contributed by atoms with Crippen LogP contribution in [0.1, 0.15) is 25.3 Å². The summed E-state index contributed by atoms with van der Waals surface area (Å²) in [7, 11) is 3.84. The molecule has 0 saturated heterocycles. The number of benzene rings is 1. The van der Waals surface area contributed by atoms with E-state index in [0.717, 1.165) is 51.6 Å². The Morgan fingerprint density at radius 1 is 1.10 bits per heavy atom. The summed E-state index contributed by atoms with van der Waals surface area (Å²) < 4.78 is 10.7. The van der Waals surface area contributed by atoms with Gasteiger partial charge in [0.1, 0.15) is 5.75 Å². The number of nitrogens with one attached hydrogen (secondary N) is 1. The number of rotatable bonds is 12. The van der Waals surface area contributed by atoms with E-state index in [2.05, 4.69) is 36.3 Å². The maximum Gasteiger partial charge on any atom is 0.118 e. The summed E-state index contributed by atoms with van der Waals surface area (Å²) in [4.78, 5) is 2.31. The molecule has 0 aliphatic heterocycles. The quantitative estimate of drug-likeness (QED) is 0.601. The van der Waals surface area contributed by atoms with E-state index in [0.29, 0.717) is 0 Å². The zero-order valence-electron chi connectivity index (χ0n) is 13.7. The van der Waals surface area contributed by atoms with Crippen molar-refractivity contribution in [3.63, 3.8) is 0 Å². The molecule has 1 rings (SSSR count). The summed E-state index contributed by atoms with van der Waals surface area (Å²) in [5.41, 5.74) is 1.31. The van der Waals surface area contributed by atoms with E-state index < -0.39 is 0 Å². The van der Waals surface area contributed by atoms with Crippen LogP contribution in [0.5, 0.6) is 5.75 Å². The zero-order valence-corrected chi connectivity index (χ0v) is 13.7. The van der Waals surface area contributed by atoms with Gasteiger partial charge < -0.3 is 19.7 Å². The summed E-state index contributed by atoms with van der Waals surface area (Å²) in [6.07, 6.45) is 2.36. The molecule has 4 nitrogen and oxygen atoms in total. The van der Waals surface area contributed by atoms with Crippen LogP contribution in [0.2, 0.25) is 0 Å². The summed E-state index contributed by atoms with van der Waals surface area (Å²) >= 11 is 0. The highest BCUT2D eigenvalue weighted by atomic mass is 16.5. The molecular weight excluding hydrogens is 264 g/mol. The van der Waals surface area contributed by atoms with Crippen LogP contribution in [0.15, 0.2) is 24.3 Å². The Morgan fingerprint density at radius 3 is 2.52 bits per heavy atom. The lowest BCUT2D eigenvalue weighted by molar-refractivity contribution is 0.132. The molecule has 0 aromatic heterocycles. The van der Waals surface area contributed by atoms with Crippen molar-refractivity contribution in [3.05, 3.63) is 29.8 Å². The molecule has 1 aromatic rings. The Labute approximate surface area is 129 Å². The molecule has 0 spiro atoms. The van der Waals surface area contributed by atoms with Crippen molar-refractivity contribution in [1.82, 2.24) is 10.2 Å². The van der Waals surface area contributed by atoms with Crippen LogP contribution in [0.4, 0.5) is 0 Å². The van der Waals surface area contributed by atoms with Crippen LogP contribution < -0.4 is 10.1 Å². The molecule has 0 unspecified atom stereocenters. The molecule has 1 N–H and O–H groups in total. The van der Waals surface area contributed by atoms with Gasteiger partial charge in [-0.1, -0.05) is 25.5 Å². The average Bonchev–Trinajstić information content (AvgIpc) is 2.50. The normalized spacial score (nSPS) is 11.0. The summed E-state index contributed by atoms with van der Waals surface area (Å²) in [6.45, 7) is 7.78. The van der Waals surface area contributed by atoms with E-state index in [-0.39, 0.29) is 0 Å². The fourth-order valence-corrected chi connectivity index (χ4v) is 2.01. The molecule has 0 heterocycles. The highest BCUT2D eigenvalue weighted by Gasteiger charge is 2.00. The van der Waals surface area contributed by atoms with Crippen LogP contribution in [-0.4, -0.2) is 51.9 Å². The van der Waals surface area contributed by atoms with Crippen molar-refractivity contribution < 1.29 is 9.47 Å². The molecule has 0 radical (unpaired) electrons. The van der Waals surface area contributed by atoms with Gasteiger partial charge in [-0.2, -0.15) is 0 Å². The number of nitrogens with zero attached hydrogens (tertiary/aromatic N) is 1. The van der Waals surface area contributed by atoms with Gasteiger partial charge in [-0.25, -0.2) is 0 Å². The molecule has 4 heteroatoms. The molecule has 0 amide bonds. The zero-order chi connectivity index (χ0) is 15.3. The summed E-state index contributed by atoms with van der Waals surface area (Å²) in [5.74, 6) is 0.908. The Morgan fingerprint density at radius 2 is 1.86 bits per heavy atom. The van der Waals surface area contributed by atoms with E-state index in [9.17, 15) is 0 Å². The van der Waals surface area contributed by atoms with Gasteiger partial charge in [0.2, 0.25) is 0 Å². The standard InChI is InChI=1S/C17H30N2O2/c1-4-5-13-21-14-11-18-10-12-19(2)15-16-6-8-17(20-3)9-7-16/h6-9,18H,4-5,10-15H2,1-3H3. The van der Waals surface area contributed by atoms with Crippen LogP contribution in [0.25, 0.3) is 0 Å². The fourth-order valence-electron chi connectivity index (χ4n) is 2.01. The molecule has 0 aliphatic carbocycles. The van der Waals surface area contributed by atoms with Gasteiger partial charge >= 0.3 is 0 Å². The van der Waals surface area contributed by atoms with Gasteiger partial charge in [0, 0.05) is 32.8 Å². The average molecular weight is 294 g/mol. The lowest BCUT2D eigenvalue weighted by Crippen LogP contribution is -2.30. The van der Waals surface area contributed by atoms with Crippen LogP contribution in [0, 0.1) is 0 Å². The second kappa shape index (κ2) is 11.5. The number of ether oxygens (including phenoxy) is 2. The van der Waals surface area contributed by atoms with Crippen molar-refractivity contribution >= 4 is 0 Å². The third kappa shape index (κ3) is 8.71. The maximum atomic E-state index is 5.51. The van der Waals surface area contributed by atoms with E-state index in [1.807, 2.05) is 12.1 Å². The second-order valence-corrected chi connectivity index (χ2v) is 5.30. The monoisotopic (exact) mass is 294 g/mol. The van der Waals surface area contributed by atoms with Crippen molar-refractivity contribution in [2.45, 2.75) is 26.3 Å². The van der Waals surface area contributed by atoms with Crippen molar-refractivity contribution in [1.29, 1.82) is 0 Å². The Balaban J connectivity index is 2.04. The third-order valence-electron chi connectivity index (χ3n) is 3.35. The third-order valence-corrected chi connectivity index (χ3v) is 3.35. The maximum absolute atomic E-state index is 5.51. The van der Waals surface area contributed by atoms with Gasteiger partial charge in [-0.15, -0.1) is 0 Å². The van der Waals surface area contributed by atoms with E-state index in [1.165, 1.54) is 12.0 Å². The van der Waals surface area contributed by atoms with E-state index in [1.54, 1.807) is 7.11 Å². The number of hydrogen-bond donors (Lipinski definition) is 1.